The van der Waals surface area contributed by atoms with Crippen molar-refractivity contribution in [1.82, 2.24) is 0 Å². The molecule has 47 heavy (non-hydrogen) atoms. The molecule has 0 aromatic heterocycles. The number of hydrogen-bond acceptors (Lipinski definition) is 11. The molecule has 0 bridgehead atoms. The van der Waals surface area contributed by atoms with Crippen molar-refractivity contribution in [2.45, 2.75) is 96.0 Å². The van der Waals surface area contributed by atoms with Crippen molar-refractivity contribution in [3.8, 4) is 11.5 Å². The van der Waals surface area contributed by atoms with E-state index in [2.05, 4.69) is 0 Å². The smallest absolute Gasteiger partial charge is 0.371 e. The van der Waals surface area contributed by atoms with Gasteiger partial charge in [0.05, 0.1) is 37.6 Å². The Hall–Kier alpha value is -3.65. The zero-order valence-electron chi connectivity index (χ0n) is 27.5. The second kappa shape index (κ2) is 13.5. The highest BCUT2D eigenvalue weighted by atomic mass is 16.8. The summed E-state index contributed by atoms with van der Waals surface area (Å²) in [6.07, 6.45) is 4.99. The van der Waals surface area contributed by atoms with Gasteiger partial charge in [-0.1, -0.05) is 36.4 Å². The van der Waals surface area contributed by atoms with E-state index in [-0.39, 0.29) is 30.3 Å². The van der Waals surface area contributed by atoms with Gasteiger partial charge in [-0.15, -0.1) is 0 Å². The SMILES string of the molecule is C[C@@H]1CCOC(C)(C(=O)Oc2cc(/C=C/c3ccc([C@@]4(C)CCOC(C)(C(=O)O)O4)cc3)cc(OC(=O)C3(C)OCC[C@@H](C)O3)c2)O1. The lowest BCUT2D eigenvalue weighted by Crippen LogP contribution is -2.52. The topological polar surface area (TPSA) is 145 Å². The van der Waals surface area contributed by atoms with Crippen molar-refractivity contribution in [3.05, 3.63) is 59.2 Å². The molecule has 0 amide bonds. The van der Waals surface area contributed by atoms with E-state index in [0.717, 1.165) is 11.1 Å². The monoisotopic (exact) mass is 654 g/mol. The minimum atomic E-state index is -1.74. The van der Waals surface area contributed by atoms with Crippen LogP contribution < -0.4 is 9.47 Å². The Labute approximate surface area is 273 Å². The summed E-state index contributed by atoms with van der Waals surface area (Å²) in [6.45, 7) is 10.9. The van der Waals surface area contributed by atoms with E-state index in [0.29, 0.717) is 38.0 Å². The molecule has 2 aromatic carbocycles. The average molecular weight is 655 g/mol. The van der Waals surface area contributed by atoms with Gasteiger partial charge >= 0.3 is 17.9 Å². The number of carbonyl (C=O) groups excluding carboxylic acids is 2. The van der Waals surface area contributed by atoms with Gasteiger partial charge in [0.15, 0.2) is 0 Å². The summed E-state index contributed by atoms with van der Waals surface area (Å²) in [7, 11) is 0. The summed E-state index contributed by atoms with van der Waals surface area (Å²) < 4.78 is 45.4. The molecule has 2 aromatic rings. The molecule has 12 nitrogen and oxygen atoms in total. The van der Waals surface area contributed by atoms with Crippen LogP contribution in [0.1, 0.15) is 77.5 Å². The molecule has 0 spiro atoms. The van der Waals surface area contributed by atoms with Crippen molar-refractivity contribution in [1.29, 1.82) is 0 Å². The maximum atomic E-state index is 13.2. The number of carboxylic acid groups (broad SMARTS) is 1. The third-order valence-corrected chi connectivity index (χ3v) is 8.48. The van der Waals surface area contributed by atoms with Crippen LogP contribution in [0.5, 0.6) is 11.5 Å². The number of carbonyl (C=O) groups is 3. The molecule has 5 rings (SSSR count). The standard InChI is InChI=1S/C35H42O12/c1-22-13-16-40-34(5,45-22)30(38)43-27-19-25(20-28(21-27)44-31(39)35(6)41-17-14-23(2)46-35)8-7-24-9-11-26(12-10-24)32(3)15-18-42-33(4,47-32)29(36)37/h7-12,19-23H,13-18H2,1-6H3,(H,36,37)/b8-7+/t22-,23-,32-,33?,34?,35?/m1/s1. The van der Waals surface area contributed by atoms with Gasteiger partial charge in [0.25, 0.3) is 17.4 Å². The summed E-state index contributed by atoms with van der Waals surface area (Å²) in [6, 6.07) is 12.2. The molecule has 3 aliphatic heterocycles. The fraction of sp³-hybridized carbons (Fsp3) is 0.514. The lowest BCUT2D eigenvalue weighted by atomic mass is 9.90. The molecule has 254 valence electrons. The third-order valence-electron chi connectivity index (χ3n) is 8.48. The lowest BCUT2D eigenvalue weighted by Gasteiger charge is -2.42. The quantitative estimate of drug-likeness (QED) is 0.227. The van der Waals surface area contributed by atoms with E-state index in [4.69, 9.17) is 37.9 Å². The molecular weight excluding hydrogens is 612 g/mol. The third kappa shape index (κ3) is 7.91. The number of carboxylic acids is 1. The van der Waals surface area contributed by atoms with Gasteiger partial charge in [0.1, 0.15) is 11.5 Å². The molecule has 0 radical (unpaired) electrons. The second-order valence-electron chi connectivity index (χ2n) is 12.7. The van der Waals surface area contributed by atoms with Gasteiger partial charge in [-0.2, -0.15) is 0 Å². The number of esters is 2. The van der Waals surface area contributed by atoms with Gasteiger partial charge in [0, 0.05) is 33.3 Å². The van der Waals surface area contributed by atoms with Crippen LogP contribution in [0.3, 0.4) is 0 Å². The number of rotatable bonds is 8. The second-order valence-corrected chi connectivity index (χ2v) is 12.7. The fourth-order valence-corrected chi connectivity index (χ4v) is 5.61. The highest BCUT2D eigenvalue weighted by Crippen LogP contribution is 2.39. The van der Waals surface area contributed by atoms with E-state index >= 15 is 0 Å². The molecule has 0 saturated carbocycles. The molecule has 1 N–H and O–H groups in total. The van der Waals surface area contributed by atoms with Crippen molar-refractivity contribution in [2.24, 2.45) is 0 Å². The van der Waals surface area contributed by atoms with Crippen LogP contribution in [-0.4, -0.2) is 72.4 Å². The van der Waals surface area contributed by atoms with E-state index in [1.54, 1.807) is 18.2 Å². The van der Waals surface area contributed by atoms with Gasteiger partial charge in [-0.05, 0) is 62.4 Å². The fourth-order valence-electron chi connectivity index (χ4n) is 5.61. The maximum Gasteiger partial charge on any atom is 0.371 e. The Morgan fingerprint density at radius 3 is 1.70 bits per heavy atom. The first-order valence-corrected chi connectivity index (χ1v) is 15.7. The van der Waals surface area contributed by atoms with E-state index in [1.165, 1.54) is 26.8 Å². The van der Waals surface area contributed by atoms with Gasteiger partial charge in [-0.3, -0.25) is 0 Å². The summed E-state index contributed by atoms with van der Waals surface area (Å²) in [5.74, 6) is -7.40. The predicted molar refractivity (Wildman–Crippen MR) is 167 cm³/mol. The highest BCUT2D eigenvalue weighted by molar-refractivity contribution is 5.82. The Bertz CT molecular complexity index is 1460. The maximum absolute atomic E-state index is 13.2. The number of benzene rings is 2. The van der Waals surface area contributed by atoms with Crippen molar-refractivity contribution < 1.29 is 57.4 Å². The zero-order chi connectivity index (χ0) is 34.0. The molecule has 3 saturated heterocycles. The molecule has 6 atom stereocenters. The minimum Gasteiger partial charge on any atom is -0.477 e. The summed E-state index contributed by atoms with van der Waals surface area (Å²) in [5, 5.41) is 9.57. The first-order chi connectivity index (χ1) is 22.1. The normalized spacial score (nSPS) is 32.9. The lowest BCUT2D eigenvalue weighted by molar-refractivity contribution is -0.310. The highest BCUT2D eigenvalue weighted by Gasteiger charge is 2.47. The van der Waals surface area contributed by atoms with Crippen molar-refractivity contribution in [3.63, 3.8) is 0 Å². The molecule has 12 heteroatoms. The van der Waals surface area contributed by atoms with Crippen molar-refractivity contribution >= 4 is 30.1 Å². The molecule has 3 aliphatic rings. The molecule has 3 fully saturated rings. The van der Waals surface area contributed by atoms with Crippen LogP contribution >= 0.6 is 0 Å². The van der Waals surface area contributed by atoms with Crippen molar-refractivity contribution in [2.75, 3.05) is 19.8 Å². The Balaban J connectivity index is 1.38. The minimum absolute atomic E-state index is 0.108. The summed E-state index contributed by atoms with van der Waals surface area (Å²) >= 11 is 0. The summed E-state index contributed by atoms with van der Waals surface area (Å²) in [5.41, 5.74) is 1.33. The molecular formula is C35H42O12. The van der Waals surface area contributed by atoms with Gasteiger partial charge < -0.3 is 43.0 Å². The van der Waals surface area contributed by atoms with Crippen LogP contribution in [0.2, 0.25) is 0 Å². The largest absolute Gasteiger partial charge is 0.477 e. The van der Waals surface area contributed by atoms with Crippen LogP contribution in [-0.2, 0) is 48.4 Å². The van der Waals surface area contributed by atoms with E-state index in [9.17, 15) is 19.5 Å². The van der Waals surface area contributed by atoms with E-state index in [1.807, 2.05) is 51.1 Å². The Morgan fingerprint density at radius 2 is 1.21 bits per heavy atom. The van der Waals surface area contributed by atoms with Crippen LogP contribution in [0.15, 0.2) is 42.5 Å². The van der Waals surface area contributed by atoms with Crippen LogP contribution in [0.4, 0.5) is 0 Å². The van der Waals surface area contributed by atoms with Gasteiger partial charge in [-0.25, -0.2) is 14.4 Å². The number of ether oxygens (including phenoxy) is 8. The molecule has 3 unspecified atom stereocenters. The molecule has 3 heterocycles. The predicted octanol–water partition coefficient (Wildman–Crippen LogP) is 5.20. The number of aliphatic carboxylic acids is 1. The zero-order valence-corrected chi connectivity index (χ0v) is 27.5. The van der Waals surface area contributed by atoms with Crippen LogP contribution in [0.25, 0.3) is 12.2 Å². The Morgan fingerprint density at radius 1 is 0.723 bits per heavy atom. The average Bonchev–Trinajstić information content (AvgIpc) is 3.00. The van der Waals surface area contributed by atoms with Crippen LogP contribution in [0, 0.1) is 0 Å². The van der Waals surface area contributed by atoms with Gasteiger partial charge in [0.2, 0.25) is 0 Å². The first kappa shape index (κ1) is 34.7. The Kier molecular flexibility index (Phi) is 9.93. The van der Waals surface area contributed by atoms with E-state index < -0.39 is 40.9 Å². The molecule has 0 aliphatic carbocycles. The first-order valence-electron chi connectivity index (χ1n) is 15.7. The summed E-state index contributed by atoms with van der Waals surface area (Å²) in [4.78, 5) is 38.1. The number of hydrogen-bond donors (Lipinski definition) is 1.